The number of nitrogens with zero attached hydrogens (tertiary/aromatic N) is 2. The second-order valence-corrected chi connectivity index (χ2v) is 8.83. The summed E-state index contributed by atoms with van der Waals surface area (Å²) in [5, 5.41) is 0. The van der Waals surface area contributed by atoms with Crippen LogP contribution in [0.15, 0.2) is 35.5 Å². The van der Waals surface area contributed by atoms with Crippen LogP contribution in [-0.2, 0) is 0 Å². The van der Waals surface area contributed by atoms with E-state index in [1.54, 1.807) is 38.1 Å². The van der Waals surface area contributed by atoms with Crippen LogP contribution in [0.2, 0.25) is 0 Å². The molecule has 0 radical (unpaired) electrons. The number of hydrogen-bond donors (Lipinski definition) is 1. The van der Waals surface area contributed by atoms with Gasteiger partial charge in [0.1, 0.15) is 17.2 Å². The van der Waals surface area contributed by atoms with E-state index < -0.39 is 0 Å². The minimum atomic E-state index is -0.317. The molecular weight excluding hydrogens is 337 g/mol. The molecule has 25 heavy (non-hydrogen) atoms. The van der Waals surface area contributed by atoms with Gasteiger partial charge in [-0.15, -0.1) is 11.8 Å². The van der Waals surface area contributed by atoms with Gasteiger partial charge in [-0.3, -0.25) is 4.40 Å². The van der Waals surface area contributed by atoms with Crippen molar-refractivity contribution in [2.75, 3.05) is 12.8 Å². The minimum Gasteiger partial charge on any atom is -0.495 e. The van der Waals surface area contributed by atoms with Gasteiger partial charge < -0.3 is 10.5 Å². The van der Waals surface area contributed by atoms with E-state index in [0.717, 1.165) is 22.0 Å². The maximum absolute atomic E-state index is 14.1. The first-order chi connectivity index (χ1) is 11.7. The van der Waals surface area contributed by atoms with Crippen LogP contribution < -0.4 is 10.5 Å². The van der Waals surface area contributed by atoms with Gasteiger partial charge in [0.25, 0.3) is 0 Å². The Morgan fingerprint density at radius 3 is 2.56 bits per heavy atom. The van der Waals surface area contributed by atoms with Crippen molar-refractivity contribution in [3.63, 3.8) is 0 Å². The maximum atomic E-state index is 14.1. The zero-order chi connectivity index (χ0) is 18.4. The molecular formula is C19H22FN3OS. The monoisotopic (exact) mass is 359 g/mol. The minimum absolute atomic E-state index is 0.0299. The van der Waals surface area contributed by atoms with E-state index in [0.29, 0.717) is 16.8 Å². The number of imidazole rings is 1. The van der Waals surface area contributed by atoms with Gasteiger partial charge in [0.15, 0.2) is 0 Å². The molecule has 0 aliphatic rings. The molecule has 2 N–H and O–H groups in total. The summed E-state index contributed by atoms with van der Waals surface area (Å²) in [6.07, 6.45) is 3.71. The number of rotatable bonds is 3. The number of benzene rings is 1. The van der Waals surface area contributed by atoms with Crippen molar-refractivity contribution in [2.24, 2.45) is 0 Å². The van der Waals surface area contributed by atoms with Crippen molar-refractivity contribution in [1.29, 1.82) is 0 Å². The molecule has 0 spiro atoms. The smallest absolute Gasteiger partial charge is 0.140 e. The Kier molecular flexibility index (Phi) is 4.41. The first-order valence-corrected chi connectivity index (χ1v) is 8.81. The molecule has 0 fully saturated rings. The van der Waals surface area contributed by atoms with Gasteiger partial charge in [-0.2, -0.15) is 0 Å². The number of aromatic nitrogens is 2. The number of fused-ring (bicyclic) bond motifs is 1. The third-order valence-corrected chi connectivity index (χ3v) is 5.03. The van der Waals surface area contributed by atoms with Crippen LogP contribution in [0.25, 0.3) is 16.9 Å². The van der Waals surface area contributed by atoms with Crippen molar-refractivity contribution in [3.05, 3.63) is 42.0 Å². The lowest BCUT2D eigenvalue weighted by Crippen LogP contribution is -2.07. The summed E-state index contributed by atoms with van der Waals surface area (Å²) in [6.45, 7) is 8.11. The van der Waals surface area contributed by atoms with Gasteiger partial charge in [0.05, 0.1) is 23.9 Å². The fourth-order valence-electron chi connectivity index (χ4n) is 2.61. The van der Waals surface area contributed by atoms with E-state index in [1.807, 2.05) is 16.7 Å². The Balaban J connectivity index is 2.19. The standard InChI is InChI=1S/C19H22FN3OS/c1-11-13(20)6-12(7-14(11)21)15-9-22-18-8-16(24-5)17(10-23(15)18)25-19(2,3)4/h6-10H,21H2,1-5H3. The highest BCUT2D eigenvalue weighted by Gasteiger charge is 2.18. The molecule has 4 nitrogen and oxygen atoms in total. The first kappa shape index (κ1) is 17.6. The number of hydrogen-bond acceptors (Lipinski definition) is 4. The predicted molar refractivity (Wildman–Crippen MR) is 102 cm³/mol. The summed E-state index contributed by atoms with van der Waals surface area (Å²) in [5.74, 6) is 0.460. The highest BCUT2D eigenvalue weighted by molar-refractivity contribution is 8.00. The number of anilines is 1. The number of ether oxygens (including phenoxy) is 1. The average molecular weight is 359 g/mol. The number of thioether (sulfide) groups is 1. The van der Waals surface area contributed by atoms with E-state index >= 15 is 0 Å². The fraction of sp³-hybridized carbons (Fsp3) is 0.316. The van der Waals surface area contributed by atoms with Gasteiger partial charge >= 0.3 is 0 Å². The number of nitrogen functional groups attached to an aromatic ring is 1. The maximum Gasteiger partial charge on any atom is 0.140 e. The topological polar surface area (TPSA) is 52.5 Å². The number of pyridine rings is 1. The molecule has 3 rings (SSSR count). The quantitative estimate of drug-likeness (QED) is 0.532. The molecule has 0 saturated carbocycles. The van der Waals surface area contributed by atoms with Gasteiger partial charge in [0.2, 0.25) is 0 Å². The van der Waals surface area contributed by atoms with E-state index in [1.165, 1.54) is 6.07 Å². The zero-order valence-corrected chi connectivity index (χ0v) is 15.9. The summed E-state index contributed by atoms with van der Waals surface area (Å²) in [7, 11) is 1.65. The van der Waals surface area contributed by atoms with Crippen LogP contribution in [0.1, 0.15) is 26.3 Å². The van der Waals surface area contributed by atoms with Crippen LogP contribution in [0, 0.1) is 12.7 Å². The van der Waals surface area contributed by atoms with Gasteiger partial charge in [-0.1, -0.05) is 20.8 Å². The summed E-state index contributed by atoms with van der Waals surface area (Å²) >= 11 is 1.71. The lowest BCUT2D eigenvalue weighted by Gasteiger charge is -2.19. The molecule has 132 valence electrons. The number of nitrogens with two attached hydrogens (primary N) is 1. The van der Waals surface area contributed by atoms with Gasteiger partial charge in [-0.25, -0.2) is 9.37 Å². The van der Waals surface area contributed by atoms with Crippen LogP contribution in [0.5, 0.6) is 5.75 Å². The predicted octanol–water partition coefficient (Wildman–Crippen LogP) is 4.93. The fourth-order valence-corrected chi connectivity index (χ4v) is 3.68. The lowest BCUT2D eigenvalue weighted by molar-refractivity contribution is 0.404. The molecule has 0 unspecified atom stereocenters. The zero-order valence-electron chi connectivity index (χ0n) is 15.1. The molecule has 0 saturated heterocycles. The second kappa shape index (κ2) is 6.26. The molecule has 0 bridgehead atoms. The Morgan fingerprint density at radius 1 is 1.24 bits per heavy atom. The van der Waals surface area contributed by atoms with Crippen molar-refractivity contribution < 1.29 is 9.13 Å². The second-order valence-electron chi connectivity index (χ2n) is 6.96. The number of halogens is 1. The summed E-state index contributed by atoms with van der Waals surface area (Å²) < 4.78 is 21.6. The van der Waals surface area contributed by atoms with Crippen molar-refractivity contribution in [2.45, 2.75) is 37.3 Å². The molecule has 0 amide bonds. The Labute approximate surface area is 151 Å². The first-order valence-electron chi connectivity index (χ1n) is 7.99. The summed E-state index contributed by atoms with van der Waals surface area (Å²) in [6, 6.07) is 5.17. The summed E-state index contributed by atoms with van der Waals surface area (Å²) in [4.78, 5) is 5.44. The highest BCUT2D eigenvalue weighted by Crippen LogP contribution is 2.39. The van der Waals surface area contributed by atoms with E-state index in [9.17, 15) is 4.39 Å². The molecule has 3 aromatic rings. The Hall–Kier alpha value is -2.21. The third-order valence-electron chi connectivity index (χ3n) is 3.89. The largest absolute Gasteiger partial charge is 0.495 e. The highest BCUT2D eigenvalue weighted by atomic mass is 32.2. The van der Waals surface area contributed by atoms with Gasteiger partial charge in [-0.05, 0) is 19.1 Å². The molecule has 2 aromatic heterocycles. The van der Waals surface area contributed by atoms with Crippen LogP contribution in [-0.4, -0.2) is 21.2 Å². The van der Waals surface area contributed by atoms with Crippen molar-refractivity contribution >= 4 is 23.1 Å². The molecule has 0 aliphatic carbocycles. The molecule has 0 atom stereocenters. The lowest BCUT2D eigenvalue weighted by atomic mass is 10.1. The Morgan fingerprint density at radius 2 is 1.96 bits per heavy atom. The average Bonchev–Trinajstić information content (AvgIpc) is 2.92. The number of methoxy groups -OCH3 is 1. The SMILES string of the molecule is COc1cc2ncc(-c3cc(N)c(C)c(F)c3)n2cc1SC(C)(C)C. The van der Waals surface area contributed by atoms with Crippen molar-refractivity contribution in [1.82, 2.24) is 9.38 Å². The molecule has 0 aliphatic heterocycles. The Bertz CT molecular complexity index is 921. The molecule has 1 aromatic carbocycles. The third kappa shape index (κ3) is 3.44. The van der Waals surface area contributed by atoms with Crippen molar-refractivity contribution in [3.8, 4) is 17.0 Å². The normalized spacial score (nSPS) is 11.9. The van der Waals surface area contributed by atoms with Crippen LogP contribution >= 0.6 is 11.8 Å². The van der Waals surface area contributed by atoms with Crippen LogP contribution in [0.4, 0.5) is 10.1 Å². The van der Waals surface area contributed by atoms with E-state index in [2.05, 4.69) is 25.8 Å². The molecule has 6 heteroatoms. The van der Waals surface area contributed by atoms with E-state index in [4.69, 9.17) is 10.5 Å². The molecule has 2 heterocycles. The van der Waals surface area contributed by atoms with Crippen LogP contribution in [0.3, 0.4) is 0 Å². The van der Waals surface area contributed by atoms with E-state index in [-0.39, 0.29) is 10.6 Å². The van der Waals surface area contributed by atoms with Gasteiger partial charge in [0, 0.05) is 33.8 Å². The summed E-state index contributed by atoms with van der Waals surface area (Å²) in [5.41, 5.74) is 9.06.